The lowest BCUT2D eigenvalue weighted by Crippen LogP contribution is -2.49. The van der Waals surface area contributed by atoms with Crippen LogP contribution < -0.4 is 4.90 Å². The van der Waals surface area contributed by atoms with Gasteiger partial charge in [-0.2, -0.15) is 0 Å². The van der Waals surface area contributed by atoms with E-state index in [1.165, 1.54) is 17.7 Å². The fraction of sp³-hybridized carbons (Fsp3) is 0.303. The minimum absolute atomic E-state index is 0.121. The maximum absolute atomic E-state index is 13.5. The topological polar surface area (TPSA) is 48.8 Å². The van der Waals surface area contributed by atoms with Gasteiger partial charge in [0.25, 0.3) is 0 Å². The highest BCUT2D eigenvalue weighted by Gasteiger charge is 2.25. The third kappa shape index (κ3) is 6.80. The van der Waals surface area contributed by atoms with Gasteiger partial charge in [-0.15, -0.1) is 0 Å². The highest BCUT2D eigenvalue weighted by molar-refractivity contribution is 6.03. The van der Waals surface area contributed by atoms with Crippen LogP contribution in [0.4, 0.5) is 10.2 Å². The number of aliphatic imine (C=N–C) groups is 1. The molecular weight excluding hydrogens is 487 g/mol. The maximum atomic E-state index is 13.5. The van der Waals surface area contributed by atoms with E-state index in [2.05, 4.69) is 28.6 Å². The molecule has 2 aliphatic heterocycles. The normalized spacial score (nSPS) is 17.4. The lowest BCUT2D eigenvalue weighted by atomic mass is 9.89. The van der Waals surface area contributed by atoms with Gasteiger partial charge >= 0.3 is 0 Å². The van der Waals surface area contributed by atoms with Crippen LogP contribution in [0.5, 0.6) is 0 Å². The molecular formula is C33H33FN4O. The molecule has 1 atom stereocenters. The molecule has 2 aliphatic rings. The van der Waals surface area contributed by atoms with E-state index in [0.29, 0.717) is 25.9 Å². The van der Waals surface area contributed by atoms with E-state index in [4.69, 9.17) is 4.99 Å². The Labute approximate surface area is 230 Å². The number of carbonyl (C=O) groups is 1. The van der Waals surface area contributed by atoms with Gasteiger partial charge in [0.15, 0.2) is 0 Å². The van der Waals surface area contributed by atoms with Crippen molar-refractivity contribution in [2.45, 2.75) is 38.6 Å². The number of rotatable bonds is 6. The largest absolute Gasteiger partial charge is 0.353 e. The van der Waals surface area contributed by atoms with Crippen LogP contribution in [0.2, 0.25) is 0 Å². The molecule has 1 amide bonds. The van der Waals surface area contributed by atoms with Crippen molar-refractivity contribution < 1.29 is 9.18 Å². The number of nitrogens with zero attached hydrogens (tertiary/aromatic N) is 4. The van der Waals surface area contributed by atoms with Gasteiger partial charge in [-0.05, 0) is 61.7 Å². The van der Waals surface area contributed by atoms with E-state index in [-0.39, 0.29) is 17.8 Å². The lowest BCUT2D eigenvalue weighted by molar-refractivity contribution is -0.131. The van der Waals surface area contributed by atoms with E-state index >= 15 is 0 Å². The Morgan fingerprint density at radius 2 is 1.69 bits per heavy atom. The Bertz CT molecular complexity index is 1400. The standard InChI is InChI=1S/C33H33FN4O/c1-25-24-31(27-14-16-28(34)17-15-27)36-30(29(25)18-13-26-8-3-2-4-9-26)10-7-12-33(39)38-22-20-37(21-23-38)32-11-5-6-19-35-32/h2-6,8-9,11,14-17,19,30H,7,10,12,20-24H2,1H3. The highest BCUT2D eigenvalue weighted by Crippen LogP contribution is 2.28. The van der Waals surface area contributed by atoms with E-state index < -0.39 is 0 Å². The number of aromatic nitrogens is 1. The molecule has 2 aromatic carbocycles. The Kier molecular flexibility index (Phi) is 8.48. The van der Waals surface area contributed by atoms with E-state index in [9.17, 15) is 9.18 Å². The van der Waals surface area contributed by atoms with E-state index in [0.717, 1.165) is 54.2 Å². The van der Waals surface area contributed by atoms with Gasteiger partial charge in [0, 0.05) is 62.1 Å². The maximum Gasteiger partial charge on any atom is 0.222 e. The molecule has 5 rings (SSSR count). The summed E-state index contributed by atoms with van der Waals surface area (Å²) in [6.07, 6.45) is 4.44. The van der Waals surface area contributed by atoms with Crippen molar-refractivity contribution >= 4 is 17.4 Å². The Morgan fingerprint density at radius 1 is 0.949 bits per heavy atom. The molecule has 198 valence electrons. The molecule has 3 aromatic rings. The number of anilines is 1. The molecule has 5 nitrogen and oxygen atoms in total. The van der Waals surface area contributed by atoms with Gasteiger partial charge in [0.05, 0.1) is 6.04 Å². The average molecular weight is 521 g/mol. The fourth-order valence-electron chi connectivity index (χ4n) is 5.14. The second-order valence-electron chi connectivity index (χ2n) is 10.0. The van der Waals surface area contributed by atoms with Crippen molar-refractivity contribution in [3.8, 4) is 11.8 Å². The van der Waals surface area contributed by atoms with Gasteiger partial charge in [0.2, 0.25) is 5.91 Å². The summed E-state index contributed by atoms with van der Waals surface area (Å²) in [5.41, 5.74) is 5.04. The molecule has 0 bridgehead atoms. The molecule has 0 N–H and O–H groups in total. The second kappa shape index (κ2) is 12.5. The number of halogens is 1. The monoisotopic (exact) mass is 520 g/mol. The SMILES string of the molecule is CC1=C(C#Cc2ccccc2)C(CCCC(=O)N2CCN(c3ccccn3)CC2)N=C(c2ccc(F)cc2)C1. The number of hydrogen-bond acceptors (Lipinski definition) is 4. The highest BCUT2D eigenvalue weighted by atomic mass is 19.1. The summed E-state index contributed by atoms with van der Waals surface area (Å²) in [4.78, 5) is 26.7. The van der Waals surface area contributed by atoms with Crippen molar-refractivity contribution in [1.82, 2.24) is 9.88 Å². The summed E-state index contributed by atoms with van der Waals surface area (Å²) >= 11 is 0. The molecule has 0 spiro atoms. The van der Waals surface area contributed by atoms with Crippen LogP contribution in [-0.2, 0) is 4.79 Å². The third-order valence-electron chi connectivity index (χ3n) is 7.30. The Morgan fingerprint density at radius 3 is 2.41 bits per heavy atom. The Hall–Kier alpha value is -4.24. The first-order chi connectivity index (χ1) is 19.1. The van der Waals surface area contributed by atoms with E-state index in [1.807, 2.05) is 53.4 Å². The molecule has 1 saturated heterocycles. The molecule has 1 fully saturated rings. The van der Waals surface area contributed by atoms with Gasteiger partial charge in [-0.3, -0.25) is 9.79 Å². The molecule has 0 saturated carbocycles. The van der Waals surface area contributed by atoms with E-state index in [1.54, 1.807) is 18.3 Å². The van der Waals surface area contributed by atoms with Crippen molar-refractivity contribution in [3.63, 3.8) is 0 Å². The number of dihydropyridines is 1. The van der Waals surface area contributed by atoms with Gasteiger partial charge < -0.3 is 9.80 Å². The van der Waals surface area contributed by atoms with Crippen LogP contribution in [0, 0.1) is 17.7 Å². The summed E-state index contributed by atoms with van der Waals surface area (Å²) in [7, 11) is 0. The second-order valence-corrected chi connectivity index (χ2v) is 10.0. The molecule has 0 radical (unpaired) electrons. The van der Waals surface area contributed by atoms with Crippen molar-refractivity contribution in [2.24, 2.45) is 4.99 Å². The van der Waals surface area contributed by atoms with Crippen LogP contribution in [0.15, 0.2) is 95.1 Å². The number of amides is 1. The number of hydrogen-bond donors (Lipinski definition) is 0. The zero-order valence-corrected chi connectivity index (χ0v) is 22.3. The van der Waals surface area contributed by atoms with Crippen LogP contribution in [0.25, 0.3) is 0 Å². The predicted octanol–water partition coefficient (Wildman–Crippen LogP) is 5.67. The minimum atomic E-state index is -0.257. The van der Waals surface area contributed by atoms with Crippen LogP contribution >= 0.6 is 0 Å². The summed E-state index contributed by atoms with van der Waals surface area (Å²) in [6, 6.07) is 22.3. The molecule has 0 aliphatic carbocycles. The minimum Gasteiger partial charge on any atom is -0.353 e. The van der Waals surface area contributed by atoms with Crippen molar-refractivity contribution in [1.29, 1.82) is 0 Å². The number of carbonyl (C=O) groups excluding carboxylic acids is 1. The zero-order chi connectivity index (χ0) is 27.0. The van der Waals surface area contributed by atoms with Crippen molar-refractivity contribution in [3.05, 3.63) is 107 Å². The first-order valence-electron chi connectivity index (χ1n) is 13.6. The lowest BCUT2D eigenvalue weighted by Gasteiger charge is -2.35. The van der Waals surface area contributed by atoms with Crippen molar-refractivity contribution in [2.75, 3.05) is 31.1 Å². The summed E-state index contributed by atoms with van der Waals surface area (Å²) in [6.45, 7) is 5.10. The smallest absolute Gasteiger partial charge is 0.222 e. The van der Waals surface area contributed by atoms with Crippen LogP contribution in [0.3, 0.4) is 0 Å². The number of pyridine rings is 1. The first-order valence-corrected chi connectivity index (χ1v) is 13.6. The fourth-order valence-corrected chi connectivity index (χ4v) is 5.14. The number of piperazine rings is 1. The molecule has 39 heavy (non-hydrogen) atoms. The quantitative estimate of drug-likeness (QED) is 0.394. The predicted molar refractivity (Wildman–Crippen MR) is 154 cm³/mol. The van der Waals surface area contributed by atoms with Gasteiger partial charge in [-0.25, -0.2) is 9.37 Å². The average Bonchev–Trinajstić information content (AvgIpc) is 2.98. The molecule has 3 heterocycles. The van der Waals surface area contributed by atoms with Crippen LogP contribution in [-0.4, -0.2) is 53.7 Å². The molecule has 6 heteroatoms. The number of allylic oxidation sites excluding steroid dienone is 1. The van der Waals surface area contributed by atoms with Gasteiger partial charge in [0.1, 0.15) is 11.6 Å². The molecule has 1 unspecified atom stereocenters. The number of benzene rings is 2. The molecule has 1 aromatic heterocycles. The third-order valence-corrected chi connectivity index (χ3v) is 7.30. The van der Waals surface area contributed by atoms with Crippen LogP contribution in [0.1, 0.15) is 43.7 Å². The summed E-state index contributed by atoms with van der Waals surface area (Å²) < 4.78 is 13.5. The summed E-state index contributed by atoms with van der Waals surface area (Å²) in [5, 5.41) is 0. The first kappa shape index (κ1) is 26.4. The Balaban J connectivity index is 1.24. The summed E-state index contributed by atoms with van der Waals surface area (Å²) in [5.74, 6) is 7.58. The van der Waals surface area contributed by atoms with Gasteiger partial charge in [-0.1, -0.05) is 53.8 Å². The zero-order valence-electron chi connectivity index (χ0n) is 22.3.